The van der Waals surface area contributed by atoms with Crippen molar-refractivity contribution in [2.24, 2.45) is 12.5 Å². The normalized spacial score (nSPS) is 12.3. The number of aromatic nitrogens is 2. The molecule has 0 saturated heterocycles. The summed E-state index contributed by atoms with van der Waals surface area (Å²) in [7, 11) is 4.61. The molecule has 0 fully saturated rings. The molecule has 3 rings (SSSR count). The standard InChI is InChI=1S/C23H29N5O4S/c1-23(2,3)19(15-11-8-12-33-15)25-17-16(20(30)26-28(6)22(17)32)24-14-10-7-9-13(18(14)29)21(31)27(4)5/h7-12,19,24-25,29H,1-6H3,(H,26,30). The van der Waals surface area contributed by atoms with E-state index in [0.29, 0.717) is 0 Å². The topological polar surface area (TPSA) is 119 Å². The van der Waals surface area contributed by atoms with E-state index in [2.05, 4.69) is 15.7 Å². The molecular weight excluding hydrogens is 442 g/mol. The lowest BCUT2D eigenvalue weighted by Crippen LogP contribution is -2.35. The Kier molecular flexibility index (Phi) is 6.68. The van der Waals surface area contributed by atoms with Crippen molar-refractivity contribution >= 4 is 34.3 Å². The highest BCUT2D eigenvalue weighted by Crippen LogP contribution is 2.39. The first-order chi connectivity index (χ1) is 15.4. The Morgan fingerprint density at radius 2 is 1.85 bits per heavy atom. The van der Waals surface area contributed by atoms with Gasteiger partial charge in [-0.05, 0) is 29.0 Å². The molecule has 0 aliphatic carbocycles. The van der Waals surface area contributed by atoms with Crippen molar-refractivity contribution in [2.75, 3.05) is 24.7 Å². The minimum atomic E-state index is -0.554. The third kappa shape index (κ3) is 4.95. The van der Waals surface area contributed by atoms with Crippen LogP contribution < -0.4 is 21.8 Å². The van der Waals surface area contributed by atoms with E-state index in [-0.39, 0.29) is 39.8 Å². The Bertz CT molecular complexity index is 1270. The molecule has 10 heteroatoms. The number of rotatable bonds is 6. The predicted octanol–water partition coefficient (Wildman–Crippen LogP) is 3.49. The van der Waals surface area contributed by atoms with Gasteiger partial charge in [0.15, 0.2) is 5.75 Å². The number of aryl methyl sites for hydroxylation is 1. The number of nitrogens with one attached hydrogen (secondary N) is 3. The number of anilines is 3. The van der Waals surface area contributed by atoms with Gasteiger partial charge in [0.05, 0.1) is 17.3 Å². The fourth-order valence-corrected chi connectivity index (χ4v) is 4.43. The number of nitrogens with zero attached hydrogens (tertiary/aromatic N) is 2. The van der Waals surface area contributed by atoms with E-state index in [9.17, 15) is 19.5 Å². The van der Waals surface area contributed by atoms with Crippen LogP contribution in [0.5, 0.6) is 5.75 Å². The Morgan fingerprint density at radius 3 is 2.42 bits per heavy atom. The summed E-state index contributed by atoms with van der Waals surface area (Å²) in [6, 6.07) is 8.25. The monoisotopic (exact) mass is 471 g/mol. The number of phenolic OH excluding ortho intramolecular Hbond substituents is 1. The molecule has 0 spiro atoms. The summed E-state index contributed by atoms with van der Waals surface area (Å²) in [5.74, 6) is -0.703. The number of hydrogen-bond acceptors (Lipinski definition) is 7. The van der Waals surface area contributed by atoms with Crippen molar-refractivity contribution < 1.29 is 9.90 Å². The first kappa shape index (κ1) is 24.1. The van der Waals surface area contributed by atoms with E-state index in [1.807, 2.05) is 38.3 Å². The van der Waals surface area contributed by atoms with Crippen LogP contribution in [0, 0.1) is 5.41 Å². The first-order valence-corrected chi connectivity index (χ1v) is 11.2. The molecule has 0 saturated carbocycles. The first-order valence-electron chi connectivity index (χ1n) is 10.4. The van der Waals surface area contributed by atoms with E-state index in [0.717, 1.165) is 9.56 Å². The van der Waals surface area contributed by atoms with Gasteiger partial charge in [-0.1, -0.05) is 32.9 Å². The molecule has 2 aromatic heterocycles. The molecule has 1 atom stereocenters. The maximum atomic E-state index is 13.1. The van der Waals surface area contributed by atoms with Gasteiger partial charge in [-0.3, -0.25) is 24.2 Å². The highest BCUT2D eigenvalue weighted by molar-refractivity contribution is 7.10. The lowest BCUT2D eigenvalue weighted by Gasteiger charge is -2.32. The zero-order valence-electron chi connectivity index (χ0n) is 19.5. The molecule has 0 radical (unpaired) electrons. The number of carbonyl (C=O) groups is 1. The third-order valence-corrected chi connectivity index (χ3v) is 6.12. The van der Waals surface area contributed by atoms with Gasteiger partial charge in [-0.25, -0.2) is 0 Å². The van der Waals surface area contributed by atoms with Gasteiger partial charge in [-0.2, -0.15) is 0 Å². The largest absolute Gasteiger partial charge is 0.505 e. The van der Waals surface area contributed by atoms with Gasteiger partial charge in [0.25, 0.3) is 17.0 Å². The summed E-state index contributed by atoms with van der Waals surface area (Å²) in [6.45, 7) is 6.12. The van der Waals surface area contributed by atoms with Gasteiger partial charge >= 0.3 is 0 Å². The van der Waals surface area contributed by atoms with Gasteiger partial charge in [0.2, 0.25) is 0 Å². The molecule has 33 heavy (non-hydrogen) atoms. The van der Waals surface area contributed by atoms with E-state index in [1.54, 1.807) is 31.5 Å². The number of aromatic amines is 1. The van der Waals surface area contributed by atoms with Crippen LogP contribution in [0.4, 0.5) is 17.1 Å². The van der Waals surface area contributed by atoms with Crippen molar-refractivity contribution in [2.45, 2.75) is 26.8 Å². The van der Waals surface area contributed by atoms with E-state index < -0.39 is 17.0 Å². The Balaban J connectivity index is 2.13. The Labute approximate surface area is 195 Å². The number of aromatic hydroxyl groups is 1. The number of benzene rings is 1. The second-order valence-electron chi connectivity index (χ2n) is 9.04. The van der Waals surface area contributed by atoms with Crippen LogP contribution >= 0.6 is 11.3 Å². The summed E-state index contributed by atoms with van der Waals surface area (Å²) in [4.78, 5) is 40.7. The second-order valence-corrected chi connectivity index (χ2v) is 10.0. The summed E-state index contributed by atoms with van der Waals surface area (Å²) in [6.07, 6.45) is 0. The quantitative estimate of drug-likeness (QED) is 0.409. The Morgan fingerprint density at radius 1 is 1.15 bits per heavy atom. The van der Waals surface area contributed by atoms with Crippen molar-refractivity contribution in [1.82, 2.24) is 14.7 Å². The van der Waals surface area contributed by atoms with E-state index >= 15 is 0 Å². The highest BCUT2D eigenvalue weighted by Gasteiger charge is 2.30. The number of amides is 1. The molecule has 0 aliphatic rings. The van der Waals surface area contributed by atoms with Crippen LogP contribution in [-0.2, 0) is 7.05 Å². The lowest BCUT2D eigenvalue weighted by atomic mass is 9.85. The molecule has 1 unspecified atom stereocenters. The fourth-order valence-electron chi connectivity index (χ4n) is 3.41. The summed E-state index contributed by atoms with van der Waals surface area (Å²) in [5, 5.41) is 21.3. The highest BCUT2D eigenvalue weighted by atomic mass is 32.1. The maximum Gasteiger partial charge on any atom is 0.290 e. The van der Waals surface area contributed by atoms with Crippen LogP contribution in [0.1, 0.15) is 42.0 Å². The average molecular weight is 472 g/mol. The van der Waals surface area contributed by atoms with Gasteiger partial charge in [-0.15, -0.1) is 11.3 Å². The molecule has 0 aliphatic heterocycles. The summed E-state index contributed by atoms with van der Waals surface area (Å²) in [5.41, 5.74) is -1.05. The van der Waals surface area contributed by atoms with Gasteiger partial charge < -0.3 is 20.6 Å². The smallest absolute Gasteiger partial charge is 0.290 e. The third-order valence-electron chi connectivity index (χ3n) is 5.18. The fraction of sp³-hybridized carbons (Fsp3) is 0.348. The number of carbonyl (C=O) groups excluding carboxylic acids is 1. The molecular formula is C23H29N5O4S. The molecule has 1 aromatic carbocycles. The molecule has 9 nitrogen and oxygen atoms in total. The number of phenols is 1. The number of thiophene rings is 1. The molecule has 4 N–H and O–H groups in total. The van der Waals surface area contributed by atoms with Crippen LogP contribution in [0.3, 0.4) is 0 Å². The molecule has 1 amide bonds. The molecule has 0 bridgehead atoms. The zero-order valence-corrected chi connectivity index (χ0v) is 20.3. The molecule has 3 aromatic rings. The lowest BCUT2D eigenvalue weighted by molar-refractivity contribution is 0.0824. The van der Waals surface area contributed by atoms with Gasteiger partial charge in [0, 0.05) is 26.0 Å². The van der Waals surface area contributed by atoms with Crippen molar-refractivity contribution in [1.29, 1.82) is 0 Å². The van der Waals surface area contributed by atoms with Crippen LogP contribution in [0.25, 0.3) is 0 Å². The zero-order chi connectivity index (χ0) is 24.5. The van der Waals surface area contributed by atoms with E-state index in [1.165, 1.54) is 24.1 Å². The van der Waals surface area contributed by atoms with Crippen LogP contribution in [-0.4, -0.2) is 39.8 Å². The summed E-state index contributed by atoms with van der Waals surface area (Å²) >= 11 is 1.55. The predicted molar refractivity (Wildman–Crippen MR) is 132 cm³/mol. The van der Waals surface area contributed by atoms with Crippen molar-refractivity contribution in [3.63, 3.8) is 0 Å². The van der Waals surface area contributed by atoms with Crippen molar-refractivity contribution in [3.8, 4) is 5.75 Å². The number of hydrogen-bond donors (Lipinski definition) is 4. The van der Waals surface area contributed by atoms with Crippen molar-refractivity contribution in [3.05, 3.63) is 66.9 Å². The second kappa shape index (κ2) is 9.14. The average Bonchev–Trinajstić information content (AvgIpc) is 3.25. The number of H-pyrrole nitrogens is 1. The van der Waals surface area contributed by atoms with E-state index in [4.69, 9.17) is 0 Å². The maximum absolute atomic E-state index is 13.1. The SMILES string of the molecule is CN(C)C(=O)c1cccc(Nc2c(NC(c3cccs3)C(C)(C)C)c(=O)n(C)[nH]c2=O)c1O. The number of para-hydroxylation sites is 1. The van der Waals surface area contributed by atoms with Gasteiger partial charge in [0.1, 0.15) is 11.4 Å². The minimum absolute atomic E-state index is 0.0475. The summed E-state index contributed by atoms with van der Waals surface area (Å²) < 4.78 is 1.11. The van der Waals surface area contributed by atoms with Crippen LogP contribution in [0.15, 0.2) is 45.3 Å². The minimum Gasteiger partial charge on any atom is -0.505 e. The molecule has 176 valence electrons. The van der Waals surface area contributed by atoms with Crippen LogP contribution in [0.2, 0.25) is 0 Å². The Hall–Kier alpha value is -3.53. The molecule has 2 heterocycles.